The molecule has 202 valence electrons. The van der Waals surface area contributed by atoms with E-state index in [-0.39, 0.29) is 36.6 Å². The smallest absolute Gasteiger partial charge is 0.268 e. The molecule has 1 aliphatic carbocycles. The standard InChI is InChI=1S/C30H35FN2O5/c1-18(2)33-25(15-14-23(34)16-24(35)17-26(36)37)27(20-8-10-21(31)11-9-20)28(19-6-4-3-5-7-19)29(33)30(38)32-22-12-13-22/h3-11,18,22-24,34-35H,12-17H2,1-2H3,(H,32,38)(H,36,37)/p-1/t23-,24-/m1/s1. The van der Waals surface area contributed by atoms with Gasteiger partial charge in [-0.2, -0.15) is 0 Å². The van der Waals surface area contributed by atoms with Crippen molar-refractivity contribution in [2.24, 2.45) is 0 Å². The van der Waals surface area contributed by atoms with Gasteiger partial charge in [0.15, 0.2) is 0 Å². The van der Waals surface area contributed by atoms with Crippen LogP contribution in [0.2, 0.25) is 0 Å². The molecule has 2 atom stereocenters. The number of hydrogen-bond donors (Lipinski definition) is 3. The van der Waals surface area contributed by atoms with Gasteiger partial charge in [0, 0.05) is 41.3 Å². The first-order valence-electron chi connectivity index (χ1n) is 13.1. The Kier molecular flexibility index (Phi) is 8.64. The van der Waals surface area contributed by atoms with Crippen molar-refractivity contribution in [2.45, 2.75) is 76.7 Å². The molecule has 1 saturated carbocycles. The summed E-state index contributed by atoms with van der Waals surface area (Å²) in [6.45, 7) is 3.97. The molecule has 3 N–H and O–H groups in total. The summed E-state index contributed by atoms with van der Waals surface area (Å²) < 4.78 is 15.9. The second kappa shape index (κ2) is 11.9. The molecule has 2 aromatic carbocycles. The fraction of sp³-hybridized carbons (Fsp3) is 0.400. The zero-order valence-corrected chi connectivity index (χ0v) is 21.7. The van der Waals surface area contributed by atoms with Crippen molar-refractivity contribution in [3.05, 3.63) is 71.8 Å². The van der Waals surface area contributed by atoms with Gasteiger partial charge in [-0.15, -0.1) is 0 Å². The maximum absolute atomic E-state index is 13.9. The first kappa shape index (κ1) is 27.5. The number of benzene rings is 2. The number of nitrogens with zero attached hydrogens (tertiary/aromatic N) is 1. The molecule has 7 nitrogen and oxygen atoms in total. The van der Waals surface area contributed by atoms with Crippen molar-refractivity contribution in [1.82, 2.24) is 9.88 Å². The molecule has 1 aliphatic rings. The molecular formula is C30H34FN2O5-. The van der Waals surface area contributed by atoms with Crippen molar-refractivity contribution < 1.29 is 29.3 Å². The highest BCUT2D eigenvalue weighted by atomic mass is 19.1. The van der Waals surface area contributed by atoms with E-state index in [9.17, 15) is 29.3 Å². The molecule has 4 rings (SSSR count). The third kappa shape index (κ3) is 6.49. The first-order valence-corrected chi connectivity index (χ1v) is 13.1. The highest BCUT2D eigenvalue weighted by Gasteiger charge is 2.33. The van der Waals surface area contributed by atoms with Crippen molar-refractivity contribution in [1.29, 1.82) is 0 Å². The summed E-state index contributed by atoms with van der Waals surface area (Å²) >= 11 is 0. The Hall–Kier alpha value is -3.49. The Morgan fingerprint density at radius 3 is 2.21 bits per heavy atom. The SMILES string of the molecule is CC(C)n1c(CC[C@@H](O)C[C@@H](O)CC(=O)[O-])c(-c2ccc(F)cc2)c(-c2ccccc2)c1C(=O)NC1CC1. The summed E-state index contributed by atoms with van der Waals surface area (Å²) in [7, 11) is 0. The molecule has 0 spiro atoms. The van der Waals surface area contributed by atoms with Crippen LogP contribution in [0.25, 0.3) is 22.3 Å². The van der Waals surface area contributed by atoms with Crippen LogP contribution in [-0.4, -0.2) is 44.9 Å². The molecule has 1 fully saturated rings. The summed E-state index contributed by atoms with van der Waals surface area (Å²) in [5.74, 6) is -1.93. The number of aliphatic carboxylic acids is 1. The van der Waals surface area contributed by atoms with E-state index >= 15 is 0 Å². The third-order valence-electron chi connectivity index (χ3n) is 6.81. The quantitative estimate of drug-likeness (QED) is 0.337. The minimum Gasteiger partial charge on any atom is -0.550 e. The van der Waals surface area contributed by atoms with Gasteiger partial charge in [-0.25, -0.2) is 4.39 Å². The van der Waals surface area contributed by atoms with Gasteiger partial charge < -0.3 is 30.0 Å². The molecule has 1 aromatic heterocycles. The van der Waals surface area contributed by atoms with E-state index in [2.05, 4.69) is 5.32 Å². The summed E-state index contributed by atoms with van der Waals surface area (Å²) in [5, 5.41) is 34.5. The van der Waals surface area contributed by atoms with Crippen molar-refractivity contribution >= 4 is 11.9 Å². The Bertz CT molecular complexity index is 1270. The molecule has 0 unspecified atom stereocenters. The monoisotopic (exact) mass is 521 g/mol. The number of carbonyl (C=O) groups is 2. The predicted molar refractivity (Wildman–Crippen MR) is 141 cm³/mol. The number of nitrogens with one attached hydrogen (secondary N) is 1. The van der Waals surface area contributed by atoms with Gasteiger partial charge in [0.2, 0.25) is 0 Å². The predicted octanol–water partition coefficient (Wildman–Crippen LogP) is 3.62. The number of amides is 1. The fourth-order valence-electron chi connectivity index (χ4n) is 4.98. The second-order valence-corrected chi connectivity index (χ2v) is 10.3. The normalized spacial score (nSPS) is 14.9. The third-order valence-corrected chi connectivity index (χ3v) is 6.81. The lowest BCUT2D eigenvalue weighted by molar-refractivity contribution is -0.307. The summed E-state index contributed by atoms with van der Waals surface area (Å²) in [6.07, 6.45) is -0.395. The number of aliphatic hydroxyl groups excluding tert-OH is 2. The lowest BCUT2D eigenvalue weighted by atomic mass is 9.92. The van der Waals surface area contributed by atoms with Gasteiger partial charge in [-0.1, -0.05) is 42.5 Å². The second-order valence-electron chi connectivity index (χ2n) is 10.3. The average molecular weight is 522 g/mol. The zero-order valence-electron chi connectivity index (χ0n) is 21.7. The van der Waals surface area contributed by atoms with Crippen LogP contribution in [0.5, 0.6) is 0 Å². The van der Waals surface area contributed by atoms with Crippen LogP contribution in [0.15, 0.2) is 54.6 Å². The maximum atomic E-state index is 13.9. The Morgan fingerprint density at radius 1 is 1.00 bits per heavy atom. The summed E-state index contributed by atoms with van der Waals surface area (Å²) in [4.78, 5) is 24.5. The van der Waals surface area contributed by atoms with Crippen molar-refractivity contribution in [2.75, 3.05) is 0 Å². The molecule has 1 amide bonds. The van der Waals surface area contributed by atoms with Crippen LogP contribution in [0, 0.1) is 5.82 Å². The van der Waals surface area contributed by atoms with E-state index in [1.807, 2.05) is 48.7 Å². The van der Waals surface area contributed by atoms with Crippen LogP contribution < -0.4 is 10.4 Å². The van der Waals surface area contributed by atoms with Crippen molar-refractivity contribution in [3.8, 4) is 22.3 Å². The number of aromatic nitrogens is 1. The van der Waals surface area contributed by atoms with Gasteiger partial charge in [-0.05, 0) is 69.2 Å². The van der Waals surface area contributed by atoms with Crippen LogP contribution in [-0.2, 0) is 11.2 Å². The number of halogens is 1. The average Bonchev–Trinajstić information content (AvgIpc) is 3.60. The lowest BCUT2D eigenvalue weighted by Crippen LogP contribution is -2.30. The zero-order chi connectivity index (χ0) is 27.4. The topological polar surface area (TPSA) is 115 Å². The molecular weight excluding hydrogens is 487 g/mol. The van der Waals surface area contributed by atoms with Gasteiger partial charge >= 0.3 is 0 Å². The van der Waals surface area contributed by atoms with E-state index < -0.39 is 24.6 Å². The van der Waals surface area contributed by atoms with E-state index in [4.69, 9.17) is 0 Å². The number of hydrogen-bond acceptors (Lipinski definition) is 5. The van der Waals surface area contributed by atoms with Crippen molar-refractivity contribution in [3.63, 3.8) is 0 Å². The Balaban J connectivity index is 1.85. The maximum Gasteiger partial charge on any atom is 0.268 e. The summed E-state index contributed by atoms with van der Waals surface area (Å²) in [6, 6.07) is 15.8. The lowest BCUT2D eigenvalue weighted by Gasteiger charge is -2.20. The van der Waals surface area contributed by atoms with Crippen LogP contribution in [0.1, 0.15) is 68.2 Å². The van der Waals surface area contributed by atoms with E-state index in [1.165, 1.54) is 12.1 Å². The van der Waals surface area contributed by atoms with Gasteiger partial charge in [0.1, 0.15) is 11.5 Å². The number of aliphatic hydroxyl groups is 2. The molecule has 0 aliphatic heterocycles. The number of carbonyl (C=O) groups excluding carboxylic acids is 2. The van der Waals surface area contributed by atoms with Gasteiger partial charge in [0.25, 0.3) is 5.91 Å². The van der Waals surface area contributed by atoms with Gasteiger partial charge in [0.05, 0.1) is 12.2 Å². The fourth-order valence-corrected chi connectivity index (χ4v) is 4.98. The molecule has 0 bridgehead atoms. The first-order chi connectivity index (χ1) is 18.2. The van der Waals surface area contributed by atoms with E-state index in [1.54, 1.807) is 12.1 Å². The van der Waals surface area contributed by atoms with Crippen LogP contribution in [0.3, 0.4) is 0 Å². The minimum atomic E-state index is -1.38. The molecule has 38 heavy (non-hydrogen) atoms. The van der Waals surface area contributed by atoms with E-state index in [0.717, 1.165) is 40.8 Å². The molecule has 8 heteroatoms. The van der Waals surface area contributed by atoms with Crippen LogP contribution in [0.4, 0.5) is 4.39 Å². The number of carboxylic acids is 1. The minimum absolute atomic E-state index is 0.108. The Labute approximate surface area is 221 Å². The largest absolute Gasteiger partial charge is 0.550 e. The summed E-state index contributed by atoms with van der Waals surface area (Å²) in [5.41, 5.74) is 4.43. The Morgan fingerprint density at radius 2 is 1.63 bits per heavy atom. The number of carboxylic acid groups (broad SMARTS) is 1. The molecule has 3 aromatic rings. The van der Waals surface area contributed by atoms with E-state index in [0.29, 0.717) is 12.1 Å². The molecule has 1 heterocycles. The number of rotatable bonds is 12. The van der Waals surface area contributed by atoms with Crippen LogP contribution >= 0.6 is 0 Å². The highest BCUT2D eigenvalue weighted by Crippen LogP contribution is 2.42. The van der Waals surface area contributed by atoms with Gasteiger partial charge in [-0.3, -0.25) is 4.79 Å². The molecule has 0 saturated heterocycles. The molecule has 0 radical (unpaired) electrons. The highest BCUT2D eigenvalue weighted by molar-refractivity contribution is 6.05.